The summed E-state index contributed by atoms with van der Waals surface area (Å²) >= 11 is 5.79. The van der Waals surface area contributed by atoms with E-state index in [2.05, 4.69) is 4.99 Å². The number of rotatable bonds is 1. The molecule has 0 radical (unpaired) electrons. The van der Waals surface area contributed by atoms with Crippen molar-refractivity contribution in [2.45, 2.75) is 12.5 Å². The minimum atomic E-state index is -0.232. The monoisotopic (exact) mass is 195 g/mol. The normalized spacial score (nSPS) is 26.0. The second-order valence-electron chi connectivity index (χ2n) is 3.33. The van der Waals surface area contributed by atoms with Gasteiger partial charge in [0.1, 0.15) is 12.1 Å². The van der Waals surface area contributed by atoms with Gasteiger partial charge >= 0.3 is 0 Å². The van der Waals surface area contributed by atoms with Crippen molar-refractivity contribution in [3.63, 3.8) is 0 Å². The average molecular weight is 196 g/mol. The zero-order chi connectivity index (χ0) is 9.31. The molecule has 0 bridgehead atoms. The van der Waals surface area contributed by atoms with Gasteiger partial charge in [0, 0.05) is 5.02 Å². The highest BCUT2D eigenvalue weighted by atomic mass is 35.5. The molecule has 0 N–H and O–H groups in total. The van der Waals surface area contributed by atoms with Crippen LogP contribution in [0.2, 0.25) is 5.02 Å². The van der Waals surface area contributed by atoms with Gasteiger partial charge in [-0.3, -0.25) is 0 Å². The van der Waals surface area contributed by atoms with E-state index in [1.807, 2.05) is 31.2 Å². The number of halogens is 1. The van der Waals surface area contributed by atoms with Gasteiger partial charge in [-0.05, 0) is 24.6 Å². The quantitative estimate of drug-likeness (QED) is 0.675. The molecule has 2 rings (SSSR count). The number of hydrogen-bond donors (Lipinski definition) is 0. The van der Waals surface area contributed by atoms with E-state index in [1.54, 1.807) is 0 Å². The van der Waals surface area contributed by atoms with E-state index in [9.17, 15) is 0 Å². The van der Waals surface area contributed by atoms with Gasteiger partial charge in [-0.15, -0.1) is 0 Å². The number of aliphatic imine (C=N–C) groups is 1. The molecule has 1 aliphatic heterocycles. The molecule has 0 aliphatic carbocycles. The summed E-state index contributed by atoms with van der Waals surface area (Å²) in [6.07, 6.45) is 1.51. The van der Waals surface area contributed by atoms with Crippen LogP contribution in [0.25, 0.3) is 0 Å². The maximum atomic E-state index is 5.79. The van der Waals surface area contributed by atoms with E-state index < -0.39 is 0 Å². The molecule has 1 atom stereocenters. The molecule has 1 aliphatic rings. The number of benzene rings is 1. The van der Waals surface area contributed by atoms with Crippen LogP contribution in [0.3, 0.4) is 0 Å². The van der Waals surface area contributed by atoms with Crippen LogP contribution in [-0.4, -0.2) is 13.0 Å². The molecular weight excluding hydrogens is 186 g/mol. The summed E-state index contributed by atoms with van der Waals surface area (Å²) in [4.78, 5) is 4.28. The van der Waals surface area contributed by atoms with Crippen molar-refractivity contribution in [3.05, 3.63) is 34.9 Å². The third kappa shape index (κ3) is 1.54. The number of ether oxygens (including phenoxy) is 1. The first-order valence-electron chi connectivity index (χ1n) is 4.12. The maximum absolute atomic E-state index is 5.79. The minimum absolute atomic E-state index is 0.232. The van der Waals surface area contributed by atoms with Crippen molar-refractivity contribution in [3.8, 4) is 0 Å². The highest BCUT2D eigenvalue weighted by Crippen LogP contribution is 2.29. The first-order valence-corrected chi connectivity index (χ1v) is 4.50. The molecule has 1 heterocycles. The van der Waals surface area contributed by atoms with E-state index in [0.29, 0.717) is 6.61 Å². The van der Waals surface area contributed by atoms with Crippen LogP contribution < -0.4 is 0 Å². The molecule has 0 aromatic heterocycles. The zero-order valence-corrected chi connectivity index (χ0v) is 8.08. The fourth-order valence-corrected chi connectivity index (χ4v) is 1.48. The molecule has 0 amide bonds. The van der Waals surface area contributed by atoms with Crippen LogP contribution in [-0.2, 0) is 10.3 Å². The molecule has 0 saturated heterocycles. The molecule has 0 fully saturated rings. The molecule has 0 spiro atoms. The fraction of sp³-hybridized carbons (Fsp3) is 0.300. The van der Waals surface area contributed by atoms with Crippen molar-refractivity contribution >= 4 is 18.0 Å². The molecule has 68 valence electrons. The van der Waals surface area contributed by atoms with Gasteiger partial charge < -0.3 is 4.74 Å². The summed E-state index contributed by atoms with van der Waals surface area (Å²) in [5.41, 5.74) is 0.899. The molecule has 1 aromatic carbocycles. The van der Waals surface area contributed by atoms with Gasteiger partial charge in [0.15, 0.2) is 6.40 Å². The van der Waals surface area contributed by atoms with Crippen LogP contribution >= 0.6 is 11.6 Å². The lowest BCUT2D eigenvalue weighted by atomic mass is 9.94. The summed E-state index contributed by atoms with van der Waals surface area (Å²) in [6.45, 7) is 2.65. The second kappa shape index (κ2) is 3.04. The predicted molar refractivity (Wildman–Crippen MR) is 53.2 cm³/mol. The zero-order valence-electron chi connectivity index (χ0n) is 7.33. The van der Waals surface area contributed by atoms with Crippen molar-refractivity contribution in [1.29, 1.82) is 0 Å². The molecule has 13 heavy (non-hydrogen) atoms. The van der Waals surface area contributed by atoms with Gasteiger partial charge in [-0.25, -0.2) is 4.99 Å². The number of nitrogens with zero attached hydrogens (tertiary/aromatic N) is 1. The van der Waals surface area contributed by atoms with Crippen LogP contribution in [0.1, 0.15) is 12.5 Å². The Labute approximate surface area is 82.2 Å². The van der Waals surface area contributed by atoms with E-state index in [4.69, 9.17) is 16.3 Å². The van der Waals surface area contributed by atoms with Crippen molar-refractivity contribution in [2.24, 2.45) is 4.99 Å². The Morgan fingerprint density at radius 2 is 2.08 bits per heavy atom. The van der Waals surface area contributed by atoms with Crippen LogP contribution in [0.4, 0.5) is 0 Å². The lowest BCUT2D eigenvalue weighted by molar-refractivity contribution is 0.276. The Balaban J connectivity index is 2.35. The van der Waals surface area contributed by atoms with Crippen molar-refractivity contribution in [1.82, 2.24) is 0 Å². The summed E-state index contributed by atoms with van der Waals surface area (Å²) in [6, 6.07) is 7.70. The van der Waals surface area contributed by atoms with Crippen LogP contribution in [0.5, 0.6) is 0 Å². The van der Waals surface area contributed by atoms with E-state index in [1.165, 1.54) is 6.40 Å². The average Bonchev–Trinajstić information content (AvgIpc) is 2.54. The first kappa shape index (κ1) is 8.57. The van der Waals surface area contributed by atoms with Gasteiger partial charge in [-0.1, -0.05) is 23.7 Å². The van der Waals surface area contributed by atoms with E-state index >= 15 is 0 Å². The molecule has 2 nitrogen and oxygen atoms in total. The summed E-state index contributed by atoms with van der Waals surface area (Å²) < 4.78 is 5.12. The minimum Gasteiger partial charge on any atom is -0.481 e. The molecule has 1 unspecified atom stereocenters. The van der Waals surface area contributed by atoms with Gasteiger partial charge in [0.05, 0.1) is 0 Å². The SMILES string of the molecule is CC1(c2ccc(Cl)cc2)COC=N1. The topological polar surface area (TPSA) is 21.6 Å². The molecular formula is C10H10ClNO. The van der Waals surface area contributed by atoms with Crippen LogP contribution in [0, 0.1) is 0 Å². The third-order valence-corrected chi connectivity index (χ3v) is 2.49. The maximum Gasteiger partial charge on any atom is 0.170 e. The molecule has 0 saturated carbocycles. The Bertz CT molecular complexity index is 333. The largest absolute Gasteiger partial charge is 0.481 e. The van der Waals surface area contributed by atoms with Gasteiger partial charge in [0.2, 0.25) is 0 Å². The van der Waals surface area contributed by atoms with Gasteiger partial charge in [-0.2, -0.15) is 0 Å². The first-order chi connectivity index (χ1) is 6.21. The lowest BCUT2D eigenvalue weighted by Crippen LogP contribution is -2.20. The smallest absolute Gasteiger partial charge is 0.170 e. The predicted octanol–water partition coefficient (Wildman–Crippen LogP) is 2.61. The van der Waals surface area contributed by atoms with Crippen molar-refractivity contribution in [2.75, 3.05) is 6.61 Å². The Morgan fingerprint density at radius 3 is 2.62 bits per heavy atom. The van der Waals surface area contributed by atoms with Crippen LogP contribution in [0.15, 0.2) is 29.3 Å². The Hall–Kier alpha value is -1.02. The Kier molecular flexibility index (Phi) is 2.00. The second-order valence-corrected chi connectivity index (χ2v) is 3.76. The third-order valence-electron chi connectivity index (χ3n) is 2.24. The van der Waals surface area contributed by atoms with Gasteiger partial charge in [0.25, 0.3) is 0 Å². The molecule has 3 heteroatoms. The van der Waals surface area contributed by atoms with Crippen molar-refractivity contribution < 1.29 is 4.74 Å². The standard InChI is InChI=1S/C10H10ClNO/c1-10(6-13-7-12-10)8-2-4-9(11)5-3-8/h2-5,7H,6H2,1H3. The van der Waals surface area contributed by atoms with E-state index in [0.717, 1.165) is 10.6 Å². The fourth-order valence-electron chi connectivity index (χ4n) is 1.36. The highest BCUT2D eigenvalue weighted by Gasteiger charge is 2.29. The lowest BCUT2D eigenvalue weighted by Gasteiger charge is -2.18. The summed E-state index contributed by atoms with van der Waals surface area (Å²) in [5, 5.41) is 0.746. The van der Waals surface area contributed by atoms with E-state index in [-0.39, 0.29) is 5.54 Å². The summed E-state index contributed by atoms with van der Waals surface area (Å²) in [5.74, 6) is 0. The number of hydrogen-bond acceptors (Lipinski definition) is 2. The molecule has 1 aromatic rings. The Morgan fingerprint density at radius 1 is 1.38 bits per heavy atom. The summed E-state index contributed by atoms with van der Waals surface area (Å²) in [7, 11) is 0. The highest BCUT2D eigenvalue weighted by molar-refractivity contribution is 6.30.